The van der Waals surface area contributed by atoms with E-state index < -0.39 is 0 Å². The van der Waals surface area contributed by atoms with Crippen LogP contribution in [0.2, 0.25) is 0 Å². The lowest BCUT2D eigenvalue weighted by Crippen LogP contribution is -2.42. The predicted octanol–water partition coefficient (Wildman–Crippen LogP) is 1.79. The molecule has 1 saturated carbocycles. The van der Waals surface area contributed by atoms with Crippen molar-refractivity contribution in [1.29, 1.82) is 0 Å². The van der Waals surface area contributed by atoms with Gasteiger partial charge in [0.15, 0.2) is 5.84 Å². The van der Waals surface area contributed by atoms with Crippen molar-refractivity contribution in [3.63, 3.8) is 0 Å². The second kappa shape index (κ2) is 9.16. The van der Waals surface area contributed by atoms with Crippen LogP contribution in [-0.2, 0) is 4.74 Å². The molecule has 1 rings (SSSR count). The summed E-state index contributed by atoms with van der Waals surface area (Å²) in [6, 6.07) is 0.570. The minimum absolute atomic E-state index is 0.287. The second-order valence-electron chi connectivity index (χ2n) is 4.97. The third-order valence-corrected chi connectivity index (χ3v) is 3.50. The molecule has 0 atom stereocenters. The summed E-state index contributed by atoms with van der Waals surface area (Å²) in [5.74, 6) is 0.287. The number of oxime groups is 1. The molecule has 0 heterocycles. The Balaban J connectivity index is 2.29. The maximum atomic E-state index is 8.67. The van der Waals surface area contributed by atoms with Crippen molar-refractivity contribution in [2.75, 3.05) is 26.3 Å². The number of amidine groups is 1. The molecule has 0 aromatic carbocycles. The lowest BCUT2D eigenvalue weighted by atomic mass is 10.2. The van der Waals surface area contributed by atoms with Gasteiger partial charge in [0.25, 0.3) is 0 Å². The average molecular weight is 257 g/mol. The molecule has 5 heteroatoms. The van der Waals surface area contributed by atoms with Crippen LogP contribution in [0.25, 0.3) is 0 Å². The lowest BCUT2D eigenvalue weighted by Gasteiger charge is -2.28. The van der Waals surface area contributed by atoms with Gasteiger partial charge in [0.1, 0.15) is 0 Å². The average Bonchev–Trinajstić information content (AvgIpc) is 2.90. The van der Waals surface area contributed by atoms with Gasteiger partial charge in [-0.1, -0.05) is 31.3 Å². The first kappa shape index (κ1) is 15.2. The van der Waals surface area contributed by atoms with Crippen molar-refractivity contribution in [3.05, 3.63) is 0 Å². The molecular formula is C13H27N3O2. The summed E-state index contributed by atoms with van der Waals surface area (Å²) in [5, 5.41) is 11.7. The van der Waals surface area contributed by atoms with E-state index in [0.717, 1.165) is 32.6 Å². The largest absolute Gasteiger partial charge is 0.409 e. The Morgan fingerprint density at radius 1 is 1.39 bits per heavy atom. The first-order valence-corrected chi connectivity index (χ1v) is 7.06. The molecule has 3 N–H and O–H groups in total. The van der Waals surface area contributed by atoms with Crippen LogP contribution < -0.4 is 5.73 Å². The minimum atomic E-state index is 0.287. The molecule has 0 amide bonds. The Labute approximate surface area is 110 Å². The van der Waals surface area contributed by atoms with E-state index in [1.165, 1.54) is 25.7 Å². The number of nitrogens with two attached hydrogens (primary N) is 1. The summed E-state index contributed by atoms with van der Waals surface area (Å²) in [5.41, 5.74) is 5.61. The fourth-order valence-corrected chi connectivity index (χ4v) is 2.43. The highest BCUT2D eigenvalue weighted by molar-refractivity contribution is 5.81. The normalized spacial score (nSPS) is 17.8. The van der Waals surface area contributed by atoms with Crippen LogP contribution >= 0.6 is 0 Å². The molecule has 0 aromatic heterocycles. The standard InChI is InChI=1S/C13H27N3O2/c1-2-3-9-18-10-8-16(11-13(14)15-17)12-6-4-5-7-12/h12,17H,2-11H2,1H3,(H2,14,15). The maximum Gasteiger partial charge on any atom is 0.153 e. The van der Waals surface area contributed by atoms with E-state index in [2.05, 4.69) is 17.0 Å². The maximum absolute atomic E-state index is 8.67. The highest BCUT2D eigenvalue weighted by Gasteiger charge is 2.22. The lowest BCUT2D eigenvalue weighted by molar-refractivity contribution is 0.0922. The Bertz CT molecular complexity index is 240. The van der Waals surface area contributed by atoms with Crippen LogP contribution in [0.4, 0.5) is 0 Å². The van der Waals surface area contributed by atoms with Crippen LogP contribution in [0.15, 0.2) is 5.16 Å². The zero-order valence-corrected chi connectivity index (χ0v) is 11.5. The van der Waals surface area contributed by atoms with Crippen molar-refractivity contribution < 1.29 is 9.94 Å². The molecule has 18 heavy (non-hydrogen) atoms. The SMILES string of the molecule is CCCCOCCN(CC(N)=NO)C1CCCC1. The second-order valence-corrected chi connectivity index (χ2v) is 4.97. The van der Waals surface area contributed by atoms with Crippen LogP contribution in [0, 0.1) is 0 Å². The van der Waals surface area contributed by atoms with E-state index >= 15 is 0 Å². The minimum Gasteiger partial charge on any atom is -0.409 e. The van der Waals surface area contributed by atoms with Crippen molar-refractivity contribution in [3.8, 4) is 0 Å². The van der Waals surface area contributed by atoms with Crippen LogP contribution in [0.1, 0.15) is 45.4 Å². The first-order valence-electron chi connectivity index (χ1n) is 7.06. The molecule has 1 aliphatic rings. The van der Waals surface area contributed by atoms with Gasteiger partial charge in [-0.25, -0.2) is 0 Å². The summed E-state index contributed by atoms with van der Waals surface area (Å²) >= 11 is 0. The number of nitrogens with zero attached hydrogens (tertiary/aromatic N) is 2. The van der Waals surface area contributed by atoms with E-state index in [0.29, 0.717) is 12.6 Å². The van der Waals surface area contributed by atoms with Gasteiger partial charge < -0.3 is 15.7 Å². The number of hydrogen-bond acceptors (Lipinski definition) is 4. The Hall–Kier alpha value is -0.810. The number of hydrogen-bond donors (Lipinski definition) is 2. The molecule has 0 spiro atoms. The molecule has 0 aliphatic heterocycles. The van der Waals surface area contributed by atoms with Gasteiger partial charge in [0.2, 0.25) is 0 Å². The van der Waals surface area contributed by atoms with E-state index in [-0.39, 0.29) is 5.84 Å². The smallest absolute Gasteiger partial charge is 0.153 e. The zero-order valence-electron chi connectivity index (χ0n) is 11.5. The molecular weight excluding hydrogens is 230 g/mol. The van der Waals surface area contributed by atoms with Crippen molar-refractivity contribution in [1.82, 2.24) is 4.90 Å². The molecule has 0 aromatic rings. The van der Waals surface area contributed by atoms with Crippen molar-refractivity contribution in [2.24, 2.45) is 10.9 Å². The van der Waals surface area contributed by atoms with Crippen LogP contribution in [0.5, 0.6) is 0 Å². The van der Waals surface area contributed by atoms with E-state index in [1.54, 1.807) is 0 Å². The molecule has 106 valence electrons. The van der Waals surface area contributed by atoms with E-state index in [9.17, 15) is 0 Å². The molecule has 0 unspecified atom stereocenters. The van der Waals surface area contributed by atoms with Crippen molar-refractivity contribution in [2.45, 2.75) is 51.5 Å². The number of ether oxygens (including phenoxy) is 1. The predicted molar refractivity (Wildman–Crippen MR) is 73.0 cm³/mol. The summed E-state index contributed by atoms with van der Waals surface area (Å²) in [6.07, 6.45) is 7.28. The van der Waals surface area contributed by atoms with Gasteiger partial charge in [0, 0.05) is 19.2 Å². The van der Waals surface area contributed by atoms with Gasteiger partial charge in [-0.05, 0) is 19.3 Å². The van der Waals surface area contributed by atoms with Gasteiger partial charge in [-0.15, -0.1) is 0 Å². The summed E-state index contributed by atoms with van der Waals surface area (Å²) in [4.78, 5) is 2.29. The Kier molecular flexibility index (Phi) is 7.76. The summed E-state index contributed by atoms with van der Waals surface area (Å²) in [7, 11) is 0. The molecule has 1 fully saturated rings. The highest BCUT2D eigenvalue weighted by atomic mass is 16.5. The van der Waals surface area contributed by atoms with Crippen molar-refractivity contribution >= 4 is 5.84 Å². The van der Waals surface area contributed by atoms with E-state index in [1.807, 2.05) is 0 Å². The molecule has 5 nitrogen and oxygen atoms in total. The Morgan fingerprint density at radius 2 is 2.11 bits per heavy atom. The van der Waals surface area contributed by atoms with Gasteiger partial charge in [-0.2, -0.15) is 0 Å². The van der Waals surface area contributed by atoms with Gasteiger partial charge >= 0.3 is 0 Å². The quantitative estimate of drug-likeness (QED) is 0.217. The summed E-state index contributed by atoms with van der Waals surface area (Å²) < 4.78 is 5.59. The van der Waals surface area contributed by atoms with Crippen LogP contribution in [0.3, 0.4) is 0 Å². The third-order valence-electron chi connectivity index (χ3n) is 3.50. The molecule has 0 radical (unpaired) electrons. The van der Waals surface area contributed by atoms with Gasteiger partial charge in [0.05, 0.1) is 13.2 Å². The van der Waals surface area contributed by atoms with Gasteiger partial charge in [-0.3, -0.25) is 4.90 Å². The Morgan fingerprint density at radius 3 is 2.72 bits per heavy atom. The molecule has 0 bridgehead atoms. The number of rotatable bonds is 9. The first-order chi connectivity index (χ1) is 8.77. The molecule has 0 saturated heterocycles. The summed E-state index contributed by atoms with van der Waals surface area (Å²) in [6.45, 7) is 5.13. The van der Waals surface area contributed by atoms with Crippen LogP contribution in [-0.4, -0.2) is 48.3 Å². The fraction of sp³-hybridized carbons (Fsp3) is 0.923. The molecule has 1 aliphatic carbocycles. The fourth-order valence-electron chi connectivity index (χ4n) is 2.43. The highest BCUT2D eigenvalue weighted by Crippen LogP contribution is 2.23. The van der Waals surface area contributed by atoms with E-state index in [4.69, 9.17) is 15.7 Å². The topological polar surface area (TPSA) is 71.1 Å². The monoisotopic (exact) mass is 257 g/mol. The number of unbranched alkanes of at least 4 members (excludes halogenated alkanes) is 1. The third kappa shape index (κ3) is 5.69. The zero-order chi connectivity index (χ0) is 13.2.